The summed E-state index contributed by atoms with van der Waals surface area (Å²) in [4.78, 5) is 13.3. The molecule has 0 aromatic carbocycles. The van der Waals surface area contributed by atoms with Crippen molar-refractivity contribution in [2.45, 2.75) is 45.5 Å². The first-order valence-corrected chi connectivity index (χ1v) is 5.50. The summed E-state index contributed by atoms with van der Waals surface area (Å²) in [5.74, 6) is 0.141. The van der Waals surface area contributed by atoms with Gasteiger partial charge in [-0.1, -0.05) is 36.7 Å². The van der Waals surface area contributed by atoms with Crippen LogP contribution in [-0.4, -0.2) is 28.7 Å². The van der Waals surface area contributed by atoms with E-state index in [0.717, 1.165) is 0 Å². The third-order valence-electron chi connectivity index (χ3n) is 2.52. The molecule has 0 aliphatic rings. The smallest absolute Gasteiger partial charge is 0.236 e. The Balaban J connectivity index is 4.43. The normalized spacial score (nSPS) is 16.5. The molecule has 3 heteroatoms. The van der Waals surface area contributed by atoms with E-state index in [2.05, 4.69) is 43.6 Å². The van der Waals surface area contributed by atoms with E-state index in [1.807, 2.05) is 14.0 Å². The summed E-state index contributed by atoms with van der Waals surface area (Å²) >= 11 is 3.28. The number of alkyl halides is 1. The monoisotopic (exact) mass is 249 g/mol. The molecule has 0 spiro atoms. The van der Waals surface area contributed by atoms with Crippen LogP contribution < -0.4 is 0 Å². The van der Waals surface area contributed by atoms with Gasteiger partial charge in [0.15, 0.2) is 0 Å². The molecule has 1 amide bonds. The maximum atomic E-state index is 11.6. The number of amides is 1. The Morgan fingerprint density at radius 3 is 1.92 bits per heavy atom. The first-order valence-electron chi connectivity index (χ1n) is 4.58. The van der Waals surface area contributed by atoms with E-state index >= 15 is 0 Å². The Bertz CT molecular complexity index is 184. The zero-order chi connectivity index (χ0) is 10.8. The summed E-state index contributed by atoms with van der Waals surface area (Å²) in [5, 5.41) is 0. The molecule has 0 N–H and O–H groups in total. The van der Waals surface area contributed by atoms with E-state index in [0.29, 0.717) is 0 Å². The number of carbonyl (C=O) groups excluding carboxylic acids is 1. The standard InChI is InChI=1S/C10H20BrNO/c1-7(11)9(13)12(6)8(2)10(3,4)5/h7-8H,1-6H3. The van der Waals surface area contributed by atoms with Gasteiger partial charge in [0, 0.05) is 13.1 Å². The molecule has 0 aliphatic heterocycles. The maximum Gasteiger partial charge on any atom is 0.236 e. The van der Waals surface area contributed by atoms with E-state index in [-0.39, 0.29) is 22.2 Å². The fraction of sp³-hybridized carbons (Fsp3) is 0.900. The Hall–Kier alpha value is -0.0500. The molecule has 0 saturated carbocycles. The van der Waals surface area contributed by atoms with Crippen LogP contribution in [0.15, 0.2) is 0 Å². The van der Waals surface area contributed by atoms with Crippen molar-refractivity contribution in [1.29, 1.82) is 0 Å². The van der Waals surface area contributed by atoms with Crippen molar-refractivity contribution in [2.24, 2.45) is 5.41 Å². The topological polar surface area (TPSA) is 20.3 Å². The lowest BCUT2D eigenvalue weighted by molar-refractivity contribution is -0.132. The molecule has 0 aliphatic carbocycles. The number of halogens is 1. The minimum atomic E-state index is -0.0951. The van der Waals surface area contributed by atoms with Crippen molar-refractivity contribution in [1.82, 2.24) is 4.90 Å². The number of hydrogen-bond donors (Lipinski definition) is 0. The second-order valence-corrected chi connectivity index (χ2v) is 5.98. The molecule has 0 aromatic rings. The molecule has 13 heavy (non-hydrogen) atoms. The van der Waals surface area contributed by atoms with Gasteiger partial charge in [0.05, 0.1) is 4.83 Å². The molecule has 0 radical (unpaired) electrons. The summed E-state index contributed by atoms with van der Waals surface area (Å²) < 4.78 is 0. The van der Waals surface area contributed by atoms with E-state index in [9.17, 15) is 4.79 Å². The van der Waals surface area contributed by atoms with E-state index in [1.165, 1.54) is 0 Å². The van der Waals surface area contributed by atoms with Crippen LogP contribution in [0.5, 0.6) is 0 Å². The highest BCUT2D eigenvalue weighted by atomic mass is 79.9. The van der Waals surface area contributed by atoms with Gasteiger partial charge in [0.2, 0.25) is 5.91 Å². The van der Waals surface area contributed by atoms with Crippen LogP contribution in [0.1, 0.15) is 34.6 Å². The summed E-state index contributed by atoms with van der Waals surface area (Å²) in [6.45, 7) is 10.3. The van der Waals surface area contributed by atoms with Crippen molar-refractivity contribution in [3.63, 3.8) is 0 Å². The molecule has 2 atom stereocenters. The minimum Gasteiger partial charge on any atom is -0.342 e. The summed E-state index contributed by atoms with van der Waals surface area (Å²) in [5.41, 5.74) is 0.131. The molecule has 0 aromatic heterocycles. The zero-order valence-corrected chi connectivity index (χ0v) is 11.0. The molecule has 2 unspecified atom stereocenters. The van der Waals surface area contributed by atoms with Crippen LogP contribution in [0.25, 0.3) is 0 Å². The number of carbonyl (C=O) groups is 1. The molecular weight excluding hydrogens is 230 g/mol. The van der Waals surface area contributed by atoms with Crippen LogP contribution in [-0.2, 0) is 4.79 Å². The summed E-state index contributed by atoms with van der Waals surface area (Å²) in [7, 11) is 1.86. The van der Waals surface area contributed by atoms with Gasteiger partial charge in [-0.05, 0) is 19.3 Å². The average molecular weight is 250 g/mol. The highest BCUT2D eigenvalue weighted by Crippen LogP contribution is 2.23. The van der Waals surface area contributed by atoms with Gasteiger partial charge in [-0.15, -0.1) is 0 Å². The molecular formula is C10H20BrNO. The summed E-state index contributed by atoms with van der Waals surface area (Å²) in [6, 6.07) is 0.250. The second kappa shape index (κ2) is 4.45. The third kappa shape index (κ3) is 3.67. The molecule has 0 fully saturated rings. The van der Waals surface area contributed by atoms with Crippen molar-refractivity contribution >= 4 is 21.8 Å². The van der Waals surface area contributed by atoms with Crippen LogP contribution in [0, 0.1) is 5.41 Å². The average Bonchev–Trinajstić information content (AvgIpc) is 1.98. The van der Waals surface area contributed by atoms with E-state index < -0.39 is 0 Å². The van der Waals surface area contributed by atoms with E-state index in [4.69, 9.17) is 0 Å². The van der Waals surface area contributed by atoms with Crippen LogP contribution in [0.2, 0.25) is 0 Å². The van der Waals surface area contributed by atoms with Crippen LogP contribution >= 0.6 is 15.9 Å². The molecule has 78 valence electrons. The highest BCUT2D eigenvalue weighted by molar-refractivity contribution is 9.10. The van der Waals surface area contributed by atoms with Gasteiger partial charge < -0.3 is 4.90 Å². The number of hydrogen-bond acceptors (Lipinski definition) is 1. The quantitative estimate of drug-likeness (QED) is 0.690. The highest BCUT2D eigenvalue weighted by Gasteiger charge is 2.28. The van der Waals surface area contributed by atoms with Gasteiger partial charge in [-0.25, -0.2) is 0 Å². The molecule has 0 heterocycles. The first kappa shape index (κ1) is 12.9. The maximum absolute atomic E-state index is 11.6. The lowest BCUT2D eigenvalue weighted by atomic mass is 9.87. The van der Waals surface area contributed by atoms with Gasteiger partial charge in [0.1, 0.15) is 0 Å². The van der Waals surface area contributed by atoms with Crippen LogP contribution in [0.4, 0.5) is 0 Å². The minimum absolute atomic E-state index is 0.0951. The predicted octanol–water partition coefficient (Wildman–Crippen LogP) is 2.66. The molecule has 2 nitrogen and oxygen atoms in total. The van der Waals surface area contributed by atoms with Crippen molar-refractivity contribution < 1.29 is 4.79 Å². The SMILES string of the molecule is CC(Br)C(=O)N(C)C(C)C(C)(C)C. The fourth-order valence-electron chi connectivity index (χ4n) is 1.05. The predicted molar refractivity (Wildman–Crippen MR) is 60.1 cm³/mol. The van der Waals surface area contributed by atoms with Crippen molar-refractivity contribution in [3.05, 3.63) is 0 Å². The lowest BCUT2D eigenvalue weighted by Crippen LogP contribution is -2.45. The fourth-order valence-corrected chi connectivity index (χ4v) is 1.38. The van der Waals surface area contributed by atoms with Crippen molar-refractivity contribution in [2.75, 3.05) is 7.05 Å². The lowest BCUT2D eigenvalue weighted by Gasteiger charge is -2.36. The van der Waals surface area contributed by atoms with Gasteiger partial charge >= 0.3 is 0 Å². The molecule has 0 rings (SSSR count). The summed E-state index contributed by atoms with van der Waals surface area (Å²) in [6.07, 6.45) is 0. The first-order chi connectivity index (χ1) is 5.68. The van der Waals surface area contributed by atoms with Crippen LogP contribution in [0.3, 0.4) is 0 Å². The Morgan fingerprint density at radius 1 is 1.31 bits per heavy atom. The Kier molecular flexibility index (Phi) is 4.43. The van der Waals surface area contributed by atoms with Gasteiger partial charge in [-0.3, -0.25) is 4.79 Å². The molecule has 0 saturated heterocycles. The largest absolute Gasteiger partial charge is 0.342 e. The van der Waals surface area contributed by atoms with Crippen molar-refractivity contribution in [3.8, 4) is 0 Å². The third-order valence-corrected chi connectivity index (χ3v) is 2.91. The van der Waals surface area contributed by atoms with Gasteiger partial charge in [-0.2, -0.15) is 0 Å². The number of nitrogens with zero attached hydrogens (tertiary/aromatic N) is 1. The molecule has 0 bridgehead atoms. The Labute approximate surface area is 89.8 Å². The van der Waals surface area contributed by atoms with E-state index in [1.54, 1.807) is 4.90 Å². The number of rotatable bonds is 2. The zero-order valence-electron chi connectivity index (χ0n) is 9.39. The Morgan fingerprint density at radius 2 is 1.69 bits per heavy atom. The van der Waals surface area contributed by atoms with Gasteiger partial charge in [0.25, 0.3) is 0 Å². The second-order valence-electron chi connectivity index (χ2n) is 4.61.